The summed E-state index contributed by atoms with van der Waals surface area (Å²) in [6.45, 7) is 4.71. The first-order valence-corrected chi connectivity index (χ1v) is 19.6. The van der Waals surface area contributed by atoms with Gasteiger partial charge in [0.15, 0.2) is 17.5 Å². The molecule has 3 heteroatoms. The second kappa shape index (κ2) is 12.9. The molecule has 57 heavy (non-hydrogen) atoms. The van der Waals surface area contributed by atoms with Gasteiger partial charge in [0, 0.05) is 22.1 Å². The molecule has 11 rings (SSSR count). The fraction of sp³-hybridized carbons (Fsp3) is 0.0556. The van der Waals surface area contributed by atoms with Crippen molar-refractivity contribution in [3.8, 4) is 67.5 Å². The summed E-state index contributed by atoms with van der Waals surface area (Å²) in [6.07, 6.45) is 0. The monoisotopic (exact) mass is 727 g/mol. The third-order valence-electron chi connectivity index (χ3n) is 11.9. The summed E-state index contributed by atoms with van der Waals surface area (Å²) in [5, 5.41) is 7.18. The minimum absolute atomic E-state index is 0.265. The highest BCUT2D eigenvalue weighted by Crippen LogP contribution is 2.55. The molecule has 0 N–H and O–H groups in total. The molecule has 1 aromatic heterocycles. The van der Waals surface area contributed by atoms with Crippen molar-refractivity contribution in [1.82, 2.24) is 15.0 Å². The van der Waals surface area contributed by atoms with Gasteiger partial charge < -0.3 is 0 Å². The third kappa shape index (κ3) is 5.54. The van der Waals surface area contributed by atoms with Gasteiger partial charge in [0.1, 0.15) is 0 Å². The van der Waals surface area contributed by atoms with Crippen LogP contribution in [0, 0.1) is 0 Å². The summed E-state index contributed by atoms with van der Waals surface area (Å²) in [4.78, 5) is 15.5. The summed E-state index contributed by atoms with van der Waals surface area (Å²) in [5.74, 6) is 1.97. The molecule has 1 aliphatic carbocycles. The van der Waals surface area contributed by atoms with E-state index in [2.05, 4.69) is 202 Å². The second-order valence-corrected chi connectivity index (χ2v) is 15.7. The summed E-state index contributed by atoms with van der Waals surface area (Å²) in [6, 6.07) is 67.5. The number of fused-ring (bicyclic) bond motifs is 6. The van der Waals surface area contributed by atoms with Crippen LogP contribution < -0.4 is 0 Å². The van der Waals surface area contributed by atoms with E-state index in [-0.39, 0.29) is 5.41 Å². The van der Waals surface area contributed by atoms with Crippen LogP contribution >= 0.6 is 0 Å². The van der Waals surface area contributed by atoms with Crippen LogP contribution in [0.1, 0.15) is 25.0 Å². The SMILES string of the molecule is CC1(C)c2cc(-c3nc(-c4ccc5ccccc5c4)nc(-c4ccc5ccccc5c4)n3)ccc2-c2c1cc1ccccc1c2-c1ccc(-c2ccccc2)cc1. The minimum atomic E-state index is -0.265. The van der Waals surface area contributed by atoms with Gasteiger partial charge in [0.05, 0.1) is 0 Å². The predicted molar refractivity (Wildman–Crippen MR) is 237 cm³/mol. The number of hydrogen-bond acceptors (Lipinski definition) is 3. The molecule has 9 aromatic carbocycles. The zero-order valence-corrected chi connectivity index (χ0v) is 31.7. The van der Waals surface area contributed by atoms with Crippen molar-refractivity contribution in [2.24, 2.45) is 0 Å². The van der Waals surface area contributed by atoms with E-state index < -0.39 is 0 Å². The lowest BCUT2D eigenvalue weighted by atomic mass is 9.80. The van der Waals surface area contributed by atoms with Gasteiger partial charge >= 0.3 is 0 Å². The molecule has 0 spiro atoms. The van der Waals surface area contributed by atoms with Crippen LogP contribution in [0.2, 0.25) is 0 Å². The van der Waals surface area contributed by atoms with E-state index in [1.54, 1.807) is 0 Å². The Morgan fingerprint density at radius 2 is 0.772 bits per heavy atom. The average molecular weight is 728 g/mol. The zero-order chi connectivity index (χ0) is 38.1. The molecule has 0 amide bonds. The van der Waals surface area contributed by atoms with Gasteiger partial charge in [0.2, 0.25) is 0 Å². The van der Waals surface area contributed by atoms with E-state index >= 15 is 0 Å². The van der Waals surface area contributed by atoms with Crippen LogP contribution in [0.4, 0.5) is 0 Å². The number of benzene rings is 9. The Morgan fingerprint density at radius 1 is 0.316 bits per heavy atom. The maximum atomic E-state index is 5.21. The van der Waals surface area contributed by atoms with E-state index in [0.29, 0.717) is 17.5 Å². The molecule has 0 saturated heterocycles. The molecule has 3 nitrogen and oxygen atoms in total. The van der Waals surface area contributed by atoms with Gasteiger partial charge in [-0.3, -0.25) is 0 Å². The molecule has 0 fully saturated rings. The number of rotatable bonds is 5. The third-order valence-corrected chi connectivity index (χ3v) is 11.9. The van der Waals surface area contributed by atoms with Crippen molar-refractivity contribution in [2.75, 3.05) is 0 Å². The molecule has 0 radical (unpaired) electrons. The molecular formula is C54H37N3. The summed E-state index contributed by atoms with van der Waals surface area (Å²) >= 11 is 0. The van der Waals surface area contributed by atoms with Gasteiger partial charge in [0.25, 0.3) is 0 Å². The van der Waals surface area contributed by atoms with Crippen molar-refractivity contribution in [1.29, 1.82) is 0 Å². The Morgan fingerprint density at radius 3 is 1.39 bits per heavy atom. The maximum Gasteiger partial charge on any atom is 0.164 e. The standard InChI is InChI=1S/C54H37N3/c1-54(2)47-33-44(28-29-46(47)50-48(54)32-41-18-10-11-19-45(41)49(50)38-24-20-37(21-25-38)34-12-4-3-5-13-34)53-56-51(42-26-22-35-14-6-8-16-39(35)30-42)55-52(57-53)43-27-23-36-15-7-9-17-40(36)31-43/h3-33H,1-2H3. The van der Waals surface area contributed by atoms with Gasteiger partial charge in [-0.2, -0.15) is 0 Å². The van der Waals surface area contributed by atoms with Crippen molar-refractivity contribution in [2.45, 2.75) is 19.3 Å². The van der Waals surface area contributed by atoms with Crippen LogP contribution in [0.3, 0.4) is 0 Å². The fourth-order valence-electron chi connectivity index (χ4n) is 8.86. The molecule has 10 aromatic rings. The van der Waals surface area contributed by atoms with Crippen LogP contribution in [0.5, 0.6) is 0 Å². The number of aromatic nitrogens is 3. The van der Waals surface area contributed by atoms with E-state index in [1.807, 2.05) is 0 Å². The highest BCUT2D eigenvalue weighted by atomic mass is 15.0. The molecule has 268 valence electrons. The molecule has 0 bridgehead atoms. The highest BCUT2D eigenvalue weighted by molar-refractivity contribution is 6.08. The number of hydrogen-bond donors (Lipinski definition) is 0. The molecule has 1 heterocycles. The van der Waals surface area contributed by atoms with Crippen molar-refractivity contribution in [3.63, 3.8) is 0 Å². The Balaban J connectivity index is 1.09. The average Bonchev–Trinajstić information content (AvgIpc) is 3.50. The quantitative estimate of drug-likeness (QED) is 0.177. The molecule has 0 aliphatic heterocycles. The first kappa shape index (κ1) is 33.1. The van der Waals surface area contributed by atoms with Gasteiger partial charge in [-0.15, -0.1) is 0 Å². The topological polar surface area (TPSA) is 38.7 Å². The smallest absolute Gasteiger partial charge is 0.164 e. The lowest BCUT2D eigenvalue weighted by Crippen LogP contribution is -2.15. The van der Waals surface area contributed by atoms with Crippen LogP contribution in [-0.2, 0) is 5.41 Å². The zero-order valence-electron chi connectivity index (χ0n) is 31.7. The van der Waals surface area contributed by atoms with E-state index in [4.69, 9.17) is 15.0 Å². The first-order valence-electron chi connectivity index (χ1n) is 19.6. The normalized spacial score (nSPS) is 12.9. The van der Waals surface area contributed by atoms with Crippen LogP contribution in [-0.4, -0.2) is 15.0 Å². The van der Waals surface area contributed by atoms with Crippen molar-refractivity contribution < 1.29 is 0 Å². The largest absolute Gasteiger partial charge is 0.208 e. The molecule has 0 atom stereocenters. The molecular weight excluding hydrogens is 691 g/mol. The number of nitrogens with zero attached hydrogens (tertiary/aromatic N) is 3. The van der Waals surface area contributed by atoms with Gasteiger partial charge in [-0.1, -0.05) is 178 Å². The van der Waals surface area contributed by atoms with E-state index in [1.165, 1.54) is 66.1 Å². The Hall–Kier alpha value is -7.23. The highest BCUT2D eigenvalue weighted by Gasteiger charge is 2.38. The summed E-state index contributed by atoms with van der Waals surface area (Å²) in [5.41, 5.74) is 12.7. The van der Waals surface area contributed by atoms with Crippen LogP contribution in [0.25, 0.3) is 99.9 Å². The summed E-state index contributed by atoms with van der Waals surface area (Å²) in [7, 11) is 0. The molecule has 1 aliphatic rings. The fourth-order valence-corrected chi connectivity index (χ4v) is 8.86. The Kier molecular flexibility index (Phi) is 7.52. The van der Waals surface area contributed by atoms with E-state index in [0.717, 1.165) is 27.5 Å². The molecule has 0 unspecified atom stereocenters. The van der Waals surface area contributed by atoms with Crippen LogP contribution in [0.15, 0.2) is 188 Å². The Bertz CT molecular complexity index is 3100. The van der Waals surface area contributed by atoms with Gasteiger partial charge in [-0.25, -0.2) is 15.0 Å². The summed E-state index contributed by atoms with van der Waals surface area (Å²) < 4.78 is 0. The minimum Gasteiger partial charge on any atom is -0.208 e. The Labute approximate surface area is 332 Å². The van der Waals surface area contributed by atoms with Gasteiger partial charge in [-0.05, 0) is 101 Å². The second-order valence-electron chi connectivity index (χ2n) is 15.7. The lowest BCUT2D eigenvalue weighted by molar-refractivity contribution is 0.661. The van der Waals surface area contributed by atoms with Crippen molar-refractivity contribution in [3.05, 3.63) is 199 Å². The lowest BCUT2D eigenvalue weighted by Gasteiger charge is -2.23. The predicted octanol–water partition coefficient (Wildman–Crippen LogP) is 14.0. The van der Waals surface area contributed by atoms with Crippen molar-refractivity contribution >= 4 is 32.3 Å². The first-order chi connectivity index (χ1) is 28.0. The molecule has 0 saturated carbocycles. The van der Waals surface area contributed by atoms with E-state index in [9.17, 15) is 0 Å². The maximum absolute atomic E-state index is 5.21.